The van der Waals surface area contributed by atoms with Crippen molar-refractivity contribution in [2.75, 3.05) is 12.3 Å². The van der Waals surface area contributed by atoms with Gasteiger partial charge in [-0.15, -0.1) is 0 Å². The van der Waals surface area contributed by atoms with Crippen LogP contribution in [-0.4, -0.2) is 15.0 Å². The molecule has 0 aliphatic carbocycles. The van der Waals surface area contributed by atoms with Crippen molar-refractivity contribution in [2.45, 2.75) is 32.1 Å². The molecule has 0 spiro atoms. The lowest BCUT2D eigenvalue weighted by atomic mass is 10.1. The minimum absolute atomic E-state index is 0.199. The molecule has 0 aliphatic rings. The fourth-order valence-corrected chi connectivity index (χ4v) is 2.78. The molecule has 0 fully saturated rings. The zero-order valence-electron chi connectivity index (χ0n) is 10.8. The largest absolute Gasteiger partial charge is 0.399 e. The van der Waals surface area contributed by atoms with Gasteiger partial charge in [0.05, 0.1) is 0 Å². The third-order valence-corrected chi connectivity index (χ3v) is 4.27. The number of hydrogen-bond donors (Lipinski definition) is 2. The van der Waals surface area contributed by atoms with Crippen molar-refractivity contribution in [2.24, 2.45) is 5.92 Å². The number of anilines is 1. The second-order valence-electron chi connectivity index (χ2n) is 4.52. The first kappa shape index (κ1) is 14.9. The predicted molar refractivity (Wildman–Crippen MR) is 70.2 cm³/mol. The molecule has 1 rings (SSSR count). The maximum absolute atomic E-state index is 13.8. The summed E-state index contributed by atoms with van der Waals surface area (Å²) in [6.45, 7) is 5.65. The number of benzene rings is 1. The van der Waals surface area contributed by atoms with Gasteiger partial charge in [0, 0.05) is 12.2 Å². The van der Waals surface area contributed by atoms with Crippen LogP contribution in [0, 0.1) is 18.7 Å². The summed E-state index contributed by atoms with van der Waals surface area (Å²) in [6, 6.07) is 2.55. The monoisotopic (exact) mass is 274 g/mol. The molecule has 102 valence electrons. The number of halogens is 1. The smallest absolute Gasteiger partial charge is 0.243 e. The predicted octanol–water partition coefficient (Wildman–Crippen LogP) is 2.04. The summed E-state index contributed by atoms with van der Waals surface area (Å²) < 4.78 is 40.1. The van der Waals surface area contributed by atoms with Gasteiger partial charge in [0.15, 0.2) is 0 Å². The Bertz CT molecular complexity index is 529. The van der Waals surface area contributed by atoms with Gasteiger partial charge in [0.2, 0.25) is 10.0 Å². The lowest BCUT2D eigenvalue weighted by Crippen LogP contribution is -2.29. The highest BCUT2D eigenvalue weighted by Gasteiger charge is 2.21. The normalized spacial score (nSPS) is 13.6. The van der Waals surface area contributed by atoms with Crippen molar-refractivity contribution in [3.63, 3.8) is 0 Å². The molecule has 0 saturated heterocycles. The highest BCUT2D eigenvalue weighted by molar-refractivity contribution is 7.89. The third-order valence-electron chi connectivity index (χ3n) is 2.85. The van der Waals surface area contributed by atoms with E-state index < -0.39 is 15.8 Å². The molecule has 0 amide bonds. The van der Waals surface area contributed by atoms with Crippen LogP contribution in [0.4, 0.5) is 10.1 Å². The topological polar surface area (TPSA) is 72.2 Å². The van der Waals surface area contributed by atoms with Gasteiger partial charge in [-0.3, -0.25) is 0 Å². The Labute approximate surface area is 107 Å². The molecule has 1 atom stereocenters. The maximum Gasteiger partial charge on any atom is 0.243 e. The van der Waals surface area contributed by atoms with Crippen LogP contribution in [0.2, 0.25) is 0 Å². The van der Waals surface area contributed by atoms with Crippen LogP contribution >= 0.6 is 0 Å². The Morgan fingerprint density at radius 2 is 2.06 bits per heavy atom. The van der Waals surface area contributed by atoms with E-state index in [-0.39, 0.29) is 28.6 Å². The second kappa shape index (κ2) is 5.67. The molecule has 6 heteroatoms. The average molecular weight is 274 g/mol. The summed E-state index contributed by atoms with van der Waals surface area (Å²) in [4.78, 5) is -0.386. The summed E-state index contributed by atoms with van der Waals surface area (Å²) in [5.41, 5.74) is 6.00. The van der Waals surface area contributed by atoms with Crippen LogP contribution in [0.25, 0.3) is 0 Å². The second-order valence-corrected chi connectivity index (χ2v) is 6.25. The SMILES string of the molecule is CCC(C)CNS(=O)(=O)c1cc(N)cc(C)c1F. The zero-order chi connectivity index (χ0) is 13.9. The van der Waals surface area contributed by atoms with Crippen molar-refractivity contribution in [1.29, 1.82) is 0 Å². The molecular formula is C12H19FN2O2S. The Morgan fingerprint density at radius 3 is 2.61 bits per heavy atom. The summed E-state index contributed by atoms with van der Waals surface area (Å²) >= 11 is 0. The van der Waals surface area contributed by atoms with Crippen molar-refractivity contribution in [3.05, 3.63) is 23.5 Å². The van der Waals surface area contributed by atoms with E-state index >= 15 is 0 Å². The molecule has 3 N–H and O–H groups in total. The Kier molecular flexibility index (Phi) is 4.70. The summed E-state index contributed by atoms with van der Waals surface area (Å²) in [5, 5.41) is 0. The van der Waals surface area contributed by atoms with Crippen molar-refractivity contribution >= 4 is 15.7 Å². The summed E-state index contributed by atoms with van der Waals surface area (Å²) in [6.07, 6.45) is 0.848. The molecule has 0 heterocycles. The number of aryl methyl sites for hydroxylation is 1. The van der Waals surface area contributed by atoms with Crippen LogP contribution in [0.15, 0.2) is 17.0 Å². The van der Waals surface area contributed by atoms with Crippen molar-refractivity contribution in [3.8, 4) is 0 Å². The van der Waals surface area contributed by atoms with E-state index in [9.17, 15) is 12.8 Å². The number of nitrogen functional groups attached to an aromatic ring is 1. The van der Waals surface area contributed by atoms with E-state index in [0.717, 1.165) is 12.5 Å². The van der Waals surface area contributed by atoms with Crippen LogP contribution in [0.3, 0.4) is 0 Å². The molecule has 0 aliphatic heterocycles. The van der Waals surface area contributed by atoms with Gasteiger partial charge in [0.25, 0.3) is 0 Å². The quantitative estimate of drug-likeness (QED) is 0.807. The highest BCUT2D eigenvalue weighted by Crippen LogP contribution is 2.21. The summed E-state index contributed by atoms with van der Waals surface area (Å²) in [7, 11) is -3.85. The van der Waals surface area contributed by atoms with E-state index in [1.165, 1.54) is 13.0 Å². The molecule has 0 aromatic heterocycles. The van der Waals surface area contributed by atoms with Gasteiger partial charge < -0.3 is 5.73 Å². The van der Waals surface area contributed by atoms with Gasteiger partial charge in [-0.25, -0.2) is 17.5 Å². The standard InChI is InChI=1S/C12H19FN2O2S/c1-4-8(2)7-15-18(16,17)11-6-10(14)5-9(3)12(11)13/h5-6,8,15H,4,7,14H2,1-3H3. The number of hydrogen-bond acceptors (Lipinski definition) is 3. The van der Waals surface area contributed by atoms with E-state index in [1.54, 1.807) is 0 Å². The Hall–Kier alpha value is -1.14. The van der Waals surface area contributed by atoms with E-state index in [4.69, 9.17) is 5.73 Å². The van der Waals surface area contributed by atoms with Gasteiger partial charge in [-0.05, 0) is 30.5 Å². The summed E-state index contributed by atoms with van der Waals surface area (Å²) in [5.74, 6) is -0.550. The molecule has 1 unspecified atom stereocenters. The minimum atomic E-state index is -3.85. The third kappa shape index (κ3) is 3.43. The number of sulfonamides is 1. The van der Waals surface area contributed by atoms with Gasteiger partial charge in [-0.1, -0.05) is 20.3 Å². The molecule has 0 bridgehead atoms. The number of nitrogens with two attached hydrogens (primary N) is 1. The lowest BCUT2D eigenvalue weighted by Gasteiger charge is -2.12. The molecule has 18 heavy (non-hydrogen) atoms. The number of rotatable bonds is 5. The molecular weight excluding hydrogens is 255 g/mol. The fourth-order valence-electron chi connectivity index (χ4n) is 1.43. The first-order valence-electron chi connectivity index (χ1n) is 5.83. The average Bonchev–Trinajstić information content (AvgIpc) is 2.30. The van der Waals surface area contributed by atoms with Crippen LogP contribution in [0.5, 0.6) is 0 Å². The van der Waals surface area contributed by atoms with Crippen LogP contribution in [0.1, 0.15) is 25.8 Å². The van der Waals surface area contributed by atoms with Gasteiger partial charge >= 0.3 is 0 Å². The lowest BCUT2D eigenvalue weighted by molar-refractivity contribution is 0.520. The van der Waals surface area contributed by atoms with Crippen LogP contribution in [-0.2, 0) is 10.0 Å². The van der Waals surface area contributed by atoms with E-state index in [0.29, 0.717) is 0 Å². The zero-order valence-corrected chi connectivity index (χ0v) is 11.6. The first-order valence-corrected chi connectivity index (χ1v) is 7.31. The van der Waals surface area contributed by atoms with Crippen molar-refractivity contribution in [1.82, 2.24) is 4.72 Å². The molecule has 1 aromatic rings. The maximum atomic E-state index is 13.8. The Balaban J connectivity index is 3.05. The fraction of sp³-hybridized carbons (Fsp3) is 0.500. The Morgan fingerprint density at radius 1 is 1.44 bits per heavy atom. The molecule has 0 radical (unpaired) electrons. The molecule has 1 aromatic carbocycles. The van der Waals surface area contributed by atoms with Crippen molar-refractivity contribution < 1.29 is 12.8 Å². The van der Waals surface area contributed by atoms with Gasteiger partial charge in [-0.2, -0.15) is 0 Å². The van der Waals surface area contributed by atoms with Crippen LogP contribution < -0.4 is 10.5 Å². The molecule has 4 nitrogen and oxygen atoms in total. The first-order chi connectivity index (χ1) is 8.27. The number of nitrogens with one attached hydrogen (secondary N) is 1. The highest BCUT2D eigenvalue weighted by atomic mass is 32.2. The molecule has 0 saturated carbocycles. The van der Waals surface area contributed by atoms with E-state index in [1.807, 2.05) is 13.8 Å². The van der Waals surface area contributed by atoms with E-state index in [2.05, 4.69) is 4.72 Å². The van der Waals surface area contributed by atoms with Gasteiger partial charge in [0.1, 0.15) is 10.7 Å². The minimum Gasteiger partial charge on any atom is -0.399 e.